The third-order valence-electron chi connectivity index (χ3n) is 6.23. The quantitative estimate of drug-likeness (QED) is 0.825. The van der Waals surface area contributed by atoms with Crippen molar-refractivity contribution >= 4 is 17.5 Å². The van der Waals surface area contributed by atoms with Gasteiger partial charge in [0.05, 0.1) is 12.6 Å². The van der Waals surface area contributed by atoms with Gasteiger partial charge in [0, 0.05) is 45.0 Å². The van der Waals surface area contributed by atoms with Crippen LogP contribution >= 0.6 is 0 Å². The number of hydrogen-bond donors (Lipinski definition) is 1. The molecule has 0 spiro atoms. The third-order valence-corrected chi connectivity index (χ3v) is 6.23. The fourth-order valence-corrected chi connectivity index (χ4v) is 4.52. The molecule has 0 saturated carbocycles. The predicted octanol–water partition coefficient (Wildman–Crippen LogP) is 2.44. The Morgan fingerprint density at radius 1 is 1.03 bits per heavy atom. The molecule has 0 bridgehead atoms. The number of rotatable bonds is 5. The van der Waals surface area contributed by atoms with E-state index in [9.17, 15) is 9.59 Å². The second-order valence-corrected chi connectivity index (χ2v) is 9.09. The average Bonchev–Trinajstić information content (AvgIpc) is 2.69. The highest BCUT2D eigenvalue weighted by Gasteiger charge is 2.29. The van der Waals surface area contributed by atoms with Gasteiger partial charge in [-0.3, -0.25) is 19.4 Å². The second-order valence-electron chi connectivity index (χ2n) is 9.09. The SMILES string of the molecule is Cc1ccc(NC(=O)C(C)N2CCN(CC(=O)N3CC(C)CC(C)C3)CC2)cc1. The van der Waals surface area contributed by atoms with Crippen LogP contribution in [0.1, 0.15) is 32.8 Å². The summed E-state index contributed by atoms with van der Waals surface area (Å²) >= 11 is 0. The van der Waals surface area contributed by atoms with Crippen molar-refractivity contribution in [3.63, 3.8) is 0 Å². The van der Waals surface area contributed by atoms with Crippen LogP contribution in [0.15, 0.2) is 24.3 Å². The van der Waals surface area contributed by atoms with E-state index in [1.54, 1.807) is 0 Å². The lowest BCUT2D eigenvalue weighted by Gasteiger charge is -2.39. The molecule has 2 aliphatic heterocycles. The van der Waals surface area contributed by atoms with E-state index in [-0.39, 0.29) is 17.9 Å². The normalized spacial score (nSPS) is 24.9. The number of aryl methyl sites for hydroxylation is 1. The highest BCUT2D eigenvalue weighted by Crippen LogP contribution is 2.21. The van der Waals surface area contributed by atoms with E-state index in [0.29, 0.717) is 18.4 Å². The molecule has 3 rings (SSSR count). The van der Waals surface area contributed by atoms with Crippen molar-refractivity contribution in [2.75, 3.05) is 51.1 Å². The Morgan fingerprint density at radius 3 is 2.21 bits per heavy atom. The number of nitrogens with zero attached hydrogens (tertiary/aromatic N) is 3. The summed E-state index contributed by atoms with van der Waals surface area (Å²) in [5, 5.41) is 3.01. The first kappa shape index (κ1) is 21.8. The van der Waals surface area contributed by atoms with Crippen LogP contribution in [0.2, 0.25) is 0 Å². The first-order valence-corrected chi connectivity index (χ1v) is 10.9. The van der Waals surface area contributed by atoms with Gasteiger partial charge in [-0.05, 0) is 44.2 Å². The molecule has 0 radical (unpaired) electrons. The summed E-state index contributed by atoms with van der Waals surface area (Å²) < 4.78 is 0. The number of hydrogen-bond acceptors (Lipinski definition) is 4. The van der Waals surface area contributed by atoms with Crippen LogP contribution in [-0.4, -0.2) is 78.4 Å². The van der Waals surface area contributed by atoms with E-state index in [1.807, 2.05) is 43.0 Å². The molecule has 1 aromatic carbocycles. The second kappa shape index (κ2) is 9.72. The summed E-state index contributed by atoms with van der Waals surface area (Å²) in [7, 11) is 0. The maximum absolute atomic E-state index is 12.7. The maximum Gasteiger partial charge on any atom is 0.241 e. The van der Waals surface area contributed by atoms with Crippen LogP contribution in [0, 0.1) is 18.8 Å². The maximum atomic E-state index is 12.7. The topological polar surface area (TPSA) is 55.9 Å². The van der Waals surface area contributed by atoms with Crippen LogP contribution in [0.25, 0.3) is 0 Å². The van der Waals surface area contributed by atoms with Gasteiger partial charge in [0.2, 0.25) is 11.8 Å². The van der Waals surface area contributed by atoms with Gasteiger partial charge < -0.3 is 10.2 Å². The van der Waals surface area contributed by atoms with Crippen LogP contribution in [0.3, 0.4) is 0 Å². The lowest BCUT2D eigenvalue weighted by Crippen LogP contribution is -2.55. The molecule has 29 heavy (non-hydrogen) atoms. The Morgan fingerprint density at radius 2 is 1.62 bits per heavy atom. The number of nitrogens with one attached hydrogen (secondary N) is 1. The smallest absolute Gasteiger partial charge is 0.241 e. The fourth-order valence-electron chi connectivity index (χ4n) is 4.52. The molecule has 3 atom stereocenters. The van der Waals surface area contributed by atoms with Gasteiger partial charge in [-0.15, -0.1) is 0 Å². The summed E-state index contributed by atoms with van der Waals surface area (Å²) in [6, 6.07) is 7.69. The molecule has 2 saturated heterocycles. The van der Waals surface area contributed by atoms with Crippen LogP contribution < -0.4 is 5.32 Å². The van der Waals surface area contributed by atoms with Gasteiger partial charge in [-0.25, -0.2) is 0 Å². The van der Waals surface area contributed by atoms with Gasteiger partial charge in [0.1, 0.15) is 0 Å². The minimum absolute atomic E-state index is 0.0228. The van der Waals surface area contributed by atoms with Gasteiger partial charge in [-0.1, -0.05) is 31.5 Å². The number of carbonyl (C=O) groups excluding carboxylic acids is 2. The van der Waals surface area contributed by atoms with Crippen molar-refractivity contribution in [3.8, 4) is 0 Å². The Balaban J connectivity index is 1.44. The van der Waals surface area contributed by atoms with Crippen molar-refractivity contribution in [2.45, 2.75) is 40.2 Å². The van der Waals surface area contributed by atoms with Crippen LogP contribution in [0.5, 0.6) is 0 Å². The lowest BCUT2D eigenvalue weighted by atomic mass is 9.92. The zero-order chi connectivity index (χ0) is 21.0. The average molecular weight is 401 g/mol. The zero-order valence-electron chi connectivity index (χ0n) is 18.4. The van der Waals surface area contributed by atoms with E-state index >= 15 is 0 Å². The Bertz CT molecular complexity index is 687. The summed E-state index contributed by atoms with van der Waals surface area (Å²) in [5.74, 6) is 1.46. The largest absolute Gasteiger partial charge is 0.341 e. The monoisotopic (exact) mass is 400 g/mol. The number of carbonyl (C=O) groups is 2. The number of piperazine rings is 1. The number of likely N-dealkylation sites (tertiary alicyclic amines) is 1. The summed E-state index contributed by atoms with van der Waals surface area (Å²) in [6.45, 7) is 14.0. The first-order valence-electron chi connectivity index (χ1n) is 10.9. The predicted molar refractivity (Wildman–Crippen MR) is 117 cm³/mol. The Kier molecular flexibility index (Phi) is 7.30. The van der Waals surface area contributed by atoms with Crippen molar-refractivity contribution in [2.24, 2.45) is 11.8 Å². The molecule has 2 fully saturated rings. The summed E-state index contributed by atoms with van der Waals surface area (Å²) in [6.07, 6.45) is 1.21. The zero-order valence-corrected chi connectivity index (χ0v) is 18.4. The molecule has 6 nitrogen and oxygen atoms in total. The van der Waals surface area contributed by atoms with Crippen molar-refractivity contribution in [3.05, 3.63) is 29.8 Å². The summed E-state index contributed by atoms with van der Waals surface area (Å²) in [4.78, 5) is 31.8. The van der Waals surface area contributed by atoms with E-state index in [0.717, 1.165) is 45.0 Å². The van der Waals surface area contributed by atoms with Crippen molar-refractivity contribution < 1.29 is 9.59 Å². The van der Waals surface area contributed by atoms with Crippen LogP contribution in [0.4, 0.5) is 5.69 Å². The number of amides is 2. The molecule has 6 heteroatoms. The molecular formula is C23H36N4O2. The molecule has 2 heterocycles. The molecule has 160 valence electrons. The molecule has 3 unspecified atom stereocenters. The van der Waals surface area contributed by atoms with Gasteiger partial charge >= 0.3 is 0 Å². The van der Waals surface area contributed by atoms with Crippen molar-refractivity contribution in [1.29, 1.82) is 0 Å². The van der Waals surface area contributed by atoms with Crippen molar-refractivity contribution in [1.82, 2.24) is 14.7 Å². The molecular weight excluding hydrogens is 364 g/mol. The van der Waals surface area contributed by atoms with E-state index in [2.05, 4.69) is 29.0 Å². The molecule has 1 N–H and O–H groups in total. The Labute approximate surface area is 175 Å². The molecule has 2 amide bonds. The molecule has 0 aliphatic carbocycles. The Hall–Kier alpha value is -1.92. The lowest BCUT2D eigenvalue weighted by molar-refractivity contribution is -0.136. The van der Waals surface area contributed by atoms with E-state index < -0.39 is 0 Å². The number of benzene rings is 1. The fraction of sp³-hybridized carbons (Fsp3) is 0.652. The van der Waals surface area contributed by atoms with Gasteiger partial charge in [0.25, 0.3) is 0 Å². The molecule has 1 aromatic rings. The number of piperidine rings is 1. The standard InChI is InChI=1S/C23H36N4O2/c1-17-5-7-21(8-6-17)24-23(29)20(4)26-11-9-25(10-12-26)16-22(28)27-14-18(2)13-19(3)15-27/h5-8,18-20H,9-16H2,1-4H3,(H,24,29). The third kappa shape index (κ3) is 6.03. The first-order chi connectivity index (χ1) is 13.8. The van der Waals surface area contributed by atoms with Gasteiger partial charge in [-0.2, -0.15) is 0 Å². The molecule has 2 aliphatic rings. The minimum Gasteiger partial charge on any atom is -0.341 e. The molecule has 0 aromatic heterocycles. The number of anilines is 1. The van der Waals surface area contributed by atoms with E-state index in [4.69, 9.17) is 0 Å². The minimum atomic E-state index is -0.182. The van der Waals surface area contributed by atoms with E-state index in [1.165, 1.54) is 12.0 Å². The summed E-state index contributed by atoms with van der Waals surface area (Å²) in [5.41, 5.74) is 2.01. The van der Waals surface area contributed by atoms with Crippen LogP contribution in [-0.2, 0) is 9.59 Å². The highest BCUT2D eigenvalue weighted by molar-refractivity contribution is 5.94. The highest BCUT2D eigenvalue weighted by atomic mass is 16.2. The van der Waals surface area contributed by atoms with Gasteiger partial charge in [0.15, 0.2) is 0 Å².